The number of carbonyl (C=O) groups excluding carboxylic acids is 2. The molecule has 6 nitrogen and oxygen atoms in total. The first kappa shape index (κ1) is 16.6. The van der Waals surface area contributed by atoms with Crippen LogP contribution in [0.3, 0.4) is 0 Å². The average Bonchev–Trinajstić information content (AvgIpc) is 2.85. The number of benzene rings is 1. The molecule has 0 atom stereocenters. The fourth-order valence-electron chi connectivity index (χ4n) is 3.12. The monoisotopic (exact) mass is 332 g/mol. The molecule has 1 heterocycles. The Hall–Kier alpha value is -2.24. The molecule has 1 saturated carbocycles. The fourth-order valence-corrected chi connectivity index (χ4v) is 3.12. The van der Waals surface area contributed by atoms with Crippen molar-refractivity contribution in [3.8, 4) is 11.5 Å². The number of hydrogen-bond donors (Lipinski definition) is 2. The molecule has 0 radical (unpaired) electrons. The van der Waals surface area contributed by atoms with Crippen LogP contribution in [-0.4, -0.2) is 31.6 Å². The van der Waals surface area contributed by atoms with E-state index in [0.29, 0.717) is 30.4 Å². The second-order valence-electron chi connectivity index (χ2n) is 6.31. The van der Waals surface area contributed by atoms with Crippen LogP contribution in [0.1, 0.15) is 38.5 Å². The molecule has 1 aromatic carbocycles. The summed E-state index contributed by atoms with van der Waals surface area (Å²) in [6.07, 6.45) is 6.09. The van der Waals surface area contributed by atoms with Crippen LogP contribution in [0.25, 0.3) is 0 Å². The van der Waals surface area contributed by atoms with E-state index in [2.05, 4.69) is 10.6 Å². The maximum absolute atomic E-state index is 12.1. The van der Waals surface area contributed by atoms with Gasteiger partial charge in [0.05, 0.1) is 19.8 Å². The molecule has 1 aliphatic heterocycles. The van der Waals surface area contributed by atoms with Gasteiger partial charge in [0.25, 0.3) is 0 Å². The predicted octanol–water partition coefficient (Wildman–Crippen LogP) is 2.48. The van der Waals surface area contributed by atoms with Crippen molar-refractivity contribution in [1.82, 2.24) is 5.32 Å². The number of ether oxygens (including phenoxy) is 2. The first-order chi connectivity index (χ1) is 11.7. The molecular formula is C18H24N2O4. The normalized spacial score (nSPS) is 17.7. The lowest BCUT2D eigenvalue weighted by Crippen LogP contribution is -2.37. The Balaban J connectivity index is 1.49. The third kappa shape index (κ3) is 4.40. The van der Waals surface area contributed by atoms with Gasteiger partial charge in [-0.2, -0.15) is 0 Å². The van der Waals surface area contributed by atoms with Gasteiger partial charge in [-0.25, -0.2) is 0 Å². The zero-order valence-electron chi connectivity index (χ0n) is 13.8. The number of nitrogens with one attached hydrogen (secondary N) is 2. The van der Waals surface area contributed by atoms with E-state index in [1.54, 1.807) is 18.2 Å². The van der Waals surface area contributed by atoms with E-state index in [1.807, 2.05) is 0 Å². The van der Waals surface area contributed by atoms with E-state index >= 15 is 0 Å². The Morgan fingerprint density at radius 2 is 1.75 bits per heavy atom. The molecule has 0 bridgehead atoms. The van der Waals surface area contributed by atoms with Gasteiger partial charge in [0.1, 0.15) is 0 Å². The van der Waals surface area contributed by atoms with Crippen LogP contribution in [0.2, 0.25) is 0 Å². The molecule has 0 spiro atoms. The molecule has 6 heteroatoms. The summed E-state index contributed by atoms with van der Waals surface area (Å²) in [6, 6.07) is 5.31. The number of carbonyl (C=O) groups is 2. The smallest absolute Gasteiger partial charge is 0.243 e. The third-order valence-corrected chi connectivity index (χ3v) is 4.43. The highest BCUT2D eigenvalue weighted by Crippen LogP contribution is 2.32. The molecule has 130 valence electrons. The van der Waals surface area contributed by atoms with E-state index in [1.165, 1.54) is 6.42 Å². The number of amides is 2. The minimum Gasteiger partial charge on any atom is -0.490 e. The van der Waals surface area contributed by atoms with E-state index in [9.17, 15) is 9.59 Å². The SMILES string of the molecule is O=C(CNC(=O)C1CCCCC1)Nc1ccc2c(c1)OCCCO2. The average molecular weight is 332 g/mol. The second kappa shape index (κ2) is 8.04. The number of rotatable bonds is 4. The van der Waals surface area contributed by atoms with Gasteiger partial charge in [0.2, 0.25) is 11.8 Å². The van der Waals surface area contributed by atoms with Crippen molar-refractivity contribution >= 4 is 17.5 Å². The molecule has 3 rings (SSSR count). The van der Waals surface area contributed by atoms with Gasteiger partial charge < -0.3 is 20.1 Å². The summed E-state index contributed by atoms with van der Waals surface area (Å²) in [6.45, 7) is 1.22. The number of fused-ring (bicyclic) bond motifs is 1. The van der Waals surface area contributed by atoms with Gasteiger partial charge >= 0.3 is 0 Å². The van der Waals surface area contributed by atoms with Crippen molar-refractivity contribution < 1.29 is 19.1 Å². The lowest BCUT2D eigenvalue weighted by Gasteiger charge is -2.20. The van der Waals surface area contributed by atoms with Crippen molar-refractivity contribution in [2.75, 3.05) is 25.1 Å². The van der Waals surface area contributed by atoms with Gasteiger partial charge in [-0.15, -0.1) is 0 Å². The Morgan fingerprint density at radius 1 is 1.00 bits per heavy atom. The van der Waals surface area contributed by atoms with Gasteiger partial charge in [0.15, 0.2) is 11.5 Å². The van der Waals surface area contributed by atoms with Crippen LogP contribution in [0, 0.1) is 5.92 Å². The highest BCUT2D eigenvalue weighted by molar-refractivity contribution is 5.95. The molecule has 0 unspecified atom stereocenters. The van der Waals surface area contributed by atoms with E-state index in [4.69, 9.17) is 9.47 Å². The van der Waals surface area contributed by atoms with Crippen molar-refractivity contribution in [2.24, 2.45) is 5.92 Å². The number of anilines is 1. The van der Waals surface area contributed by atoms with Crippen LogP contribution in [0.5, 0.6) is 11.5 Å². The Morgan fingerprint density at radius 3 is 2.54 bits per heavy atom. The molecule has 2 aliphatic rings. The summed E-state index contributed by atoms with van der Waals surface area (Å²) < 4.78 is 11.2. The minimum absolute atomic E-state index is 0.0101. The van der Waals surface area contributed by atoms with E-state index in [0.717, 1.165) is 32.1 Å². The van der Waals surface area contributed by atoms with Crippen LogP contribution >= 0.6 is 0 Å². The zero-order valence-corrected chi connectivity index (χ0v) is 13.8. The summed E-state index contributed by atoms with van der Waals surface area (Å²) in [5.74, 6) is 1.13. The van der Waals surface area contributed by atoms with Crippen molar-refractivity contribution in [1.29, 1.82) is 0 Å². The standard InChI is InChI=1S/C18H24N2O4/c21-17(12-19-18(22)13-5-2-1-3-6-13)20-14-7-8-15-16(11-14)24-10-4-9-23-15/h7-8,11,13H,1-6,9-10,12H2,(H,19,22)(H,20,21). The summed E-state index contributed by atoms with van der Waals surface area (Å²) in [5.41, 5.74) is 0.635. The first-order valence-corrected chi connectivity index (χ1v) is 8.69. The van der Waals surface area contributed by atoms with Crippen LogP contribution in [0.15, 0.2) is 18.2 Å². The summed E-state index contributed by atoms with van der Waals surface area (Å²) >= 11 is 0. The molecule has 2 amide bonds. The minimum atomic E-state index is -0.242. The lowest BCUT2D eigenvalue weighted by atomic mass is 9.89. The van der Waals surface area contributed by atoms with Crippen LogP contribution < -0.4 is 20.1 Å². The van der Waals surface area contributed by atoms with Crippen molar-refractivity contribution in [3.05, 3.63) is 18.2 Å². The summed E-state index contributed by atoms with van der Waals surface area (Å²) in [4.78, 5) is 24.1. The number of hydrogen-bond acceptors (Lipinski definition) is 4. The van der Waals surface area contributed by atoms with Gasteiger partial charge in [-0.05, 0) is 25.0 Å². The van der Waals surface area contributed by atoms with Crippen LogP contribution in [-0.2, 0) is 9.59 Å². The molecule has 0 saturated heterocycles. The van der Waals surface area contributed by atoms with Crippen LogP contribution in [0.4, 0.5) is 5.69 Å². The second-order valence-corrected chi connectivity index (χ2v) is 6.31. The quantitative estimate of drug-likeness (QED) is 0.888. The van der Waals surface area contributed by atoms with Gasteiger partial charge in [-0.3, -0.25) is 9.59 Å². The largest absolute Gasteiger partial charge is 0.490 e. The highest BCUT2D eigenvalue weighted by Gasteiger charge is 2.21. The molecular weight excluding hydrogens is 308 g/mol. The molecule has 1 aromatic rings. The molecule has 24 heavy (non-hydrogen) atoms. The molecule has 1 aliphatic carbocycles. The molecule has 1 fully saturated rings. The van der Waals surface area contributed by atoms with Crippen molar-refractivity contribution in [2.45, 2.75) is 38.5 Å². The van der Waals surface area contributed by atoms with E-state index < -0.39 is 0 Å². The maximum atomic E-state index is 12.1. The fraction of sp³-hybridized carbons (Fsp3) is 0.556. The predicted molar refractivity (Wildman–Crippen MR) is 90.3 cm³/mol. The lowest BCUT2D eigenvalue weighted by molar-refractivity contribution is -0.128. The van der Waals surface area contributed by atoms with E-state index in [-0.39, 0.29) is 24.3 Å². The summed E-state index contributed by atoms with van der Waals surface area (Å²) in [5, 5.41) is 5.52. The topological polar surface area (TPSA) is 76.7 Å². The molecule has 0 aromatic heterocycles. The summed E-state index contributed by atoms with van der Waals surface area (Å²) in [7, 11) is 0. The highest BCUT2D eigenvalue weighted by atomic mass is 16.5. The Kier molecular flexibility index (Phi) is 5.56. The maximum Gasteiger partial charge on any atom is 0.243 e. The zero-order chi connectivity index (χ0) is 16.8. The van der Waals surface area contributed by atoms with Gasteiger partial charge in [-0.1, -0.05) is 19.3 Å². The van der Waals surface area contributed by atoms with Crippen molar-refractivity contribution in [3.63, 3.8) is 0 Å². The molecule has 2 N–H and O–H groups in total. The van der Waals surface area contributed by atoms with Gasteiger partial charge in [0, 0.05) is 24.1 Å². The first-order valence-electron chi connectivity index (χ1n) is 8.69. The Labute approximate surface area is 141 Å². The Bertz CT molecular complexity index is 597. The third-order valence-electron chi connectivity index (χ3n) is 4.43.